The van der Waals surface area contributed by atoms with Crippen molar-refractivity contribution < 1.29 is 42.7 Å². The summed E-state index contributed by atoms with van der Waals surface area (Å²) in [6, 6.07) is -1.45. The number of esters is 1. The van der Waals surface area contributed by atoms with Gasteiger partial charge in [-0.25, -0.2) is 4.57 Å². The highest BCUT2D eigenvalue weighted by Crippen LogP contribution is 2.43. The van der Waals surface area contributed by atoms with Gasteiger partial charge in [-0.05, 0) is 32.1 Å². The SMILES string of the molecule is CCCCCCCC/C=C\CCCCCCCC(=O)OC[C@H](COP(=O)(O)OC[C@H](N)C(=O)O)OC. The summed E-state index contributed by atoms with van der Waals surface area (Å²) in [4.78, 5) is 32.1. The van der Waals surface area contributed by atoms with Gasteiger partial charge in [0.15, 0.2) is 0 Å². The van der Waals surface area contributed by atoms with Crippen LogP contribution >= 0.6 is 7.82 Å². The van der Waals surface area contributed by atoms with E-state index in [2.05, 4.69) is 23.6 Å². The first kappa shape index (κ1) is 34.7. The molecule has 0 heterocycles. The zero-order valence-electron chi connectivity index (χ0n) is 22.1. The van der Waals surface area contributed by atoms with Gasteiger partial charge in [-0.15, -0.1) is 0 Å². The van der Waals surface area contributed by atoms with Crippen LogP contribution < -0.4 is 5.73 Å². The standard InChI is InChI=1S/C25H48NO9P/c1-3-4-5-6-7-8-9-10-11-12-13-14-15-16-17-18-24(27)33-19-22(32-2)20-34-36(30,31)35-21-23(26)25(28)29/h10-11,22-23H,3-9,12-21,26H2,1-2H3,(H,28,29)(H,30,31)/b11-10-/t22-,23+/m1/s1. The third-order valence-electron chi connectivity index (χ3n) is 5.56. The molecule has 0 bridgehead atoms. The number of hydrogen-bond donors (Lipinski definition) is 3. The molecule has 4 N–H and O–H groups in total. The van der Waals surface area contributed by atoms with E-state index in [1.54, 1.807) is 0 Å². The normalized spacial score (nSPS) is 15.0. The maximum atomic E-state index is 11.9. The molecular formula is C25H48NO9P. The highest BCUT2D eigenvalue weighted by atomic mass is 31.2. The fourth-order valence-electron chi connectivity index (χ4n) is 3.24. The van der Waals surface area contributed by atoms with Gasteiger partial charge in [-0.1, -0.05) is 70.4 Å². The Labute approximate surface area is 216 Å². The lowest BCUT2D eigenvalue weighted by molar-refractivity contribution is -0.148. The van der Waals surface area contributed by atoms with E-state index in [1.165, 1.54) is 52.1 Å². The zero-order valence-corrected chi connectivity index (χ0v) is 23.0. The van der Waals surface area contributed by atoms with Crippen LogP contribution in [0.4, 0.5) is 0 Å². The third-order valence-corrected chi connectivity index (χ3v) is 6.51. The largest absolute Gasteiger partial charge is 0.480 e. The molecule has 0 aliphatic rings. The Morgan fingerprint density at radius 1 is 0.861 bits per heavy atom. The molecule has 1 unspecified atom stereocenters. The Bertz CT molecular complexity index is 645. The van der Waals surface area contributed by atoms with E-state index in [9.17, 15) is 19.0 Å². The molecule has 0 radical (unpaired) electrons. The Hall–Kier alpha value is -1.29. The molecule has 0 aromatic rings. The molecule has 0 aliphatic carbocycles. The van der Waals surface area contributed by atoms with Crippen molar-refractivity contribution in [3.05, 3.63) is 12.2 Å². The average molecular weight is 538 g/mol. The van der Waals surface area contributed by atoms with Crippen molar-refractivity contribution in [2.24, 2.45) is 5.73 Å². The number of carbonyl (C=O) groups is 2. The molecule has 0 aliphatic heterocycles. The van der Waals surface area contributed by atoms with Crippen LogP contribution in [0.15, 0.2) is 12.2 Å². The molecular weight excluding hydrogens is 489 g/mol. The average Bonchev–Trinajstić information content (AvgIpc) is 2.84. The Balaban J connectivity index is 3.74. The first-order chi connectivity index (χ1) is 17.2. The Morgan fingerprint density at radius 3 is 1.94 bits per heavy atom. The summed E-state index contributed by atoms with van der Waals surface area (Å²) < 4.78 is 31.3. The molecule has 10 nitrogen and oxygen atoms in total. The monoisotopic (exact) mass is 537 g/mol. The minimum absolute atomic E-state index is 0.144. The fourth-order valence-corrected chi connectivity index (χ4v) is 4.02. The van der Waals surface area contributed by atoms with Gasteiger partial charge in [-0.2, -0.15) is 0 Å². The number of phosphoric acid groups is 1. The summed E-state index contributed by atoms with van der Waals surface area (Å²) in [5.74, 6) is -1.74. The number of nitrogens with two attached hydrogens (primary N) is 1. The van der Waals surface area contributed by atoms with Gasteiger partial charge in [0.05, 0.1) is 13.2 Å². The van der Waals surface area contributed by atoms with E-state index in [-0.39, 0.29) is 19.2 Å². The number of allylic oxidation sites excluding steroid dienone is 2. The van der Waals surface area contributed by atoms with E-state index in [0.29, 0.717) is 6.42 Å². The van der Waals surface area contributed by atoms with Crippen molar-refractivity contribution in [1.82, 2.24) is 0 Å². The second-order valence-electron chi connectivity index (χ2n) is 8.88. The van der Waals surface area contributed by atoms with Crippen LogP contribution in [0.1, 0.15) is 96.8 Å². The van der Waals surface area contributed by atoms with Crippen molar-refractivity contribution in [1.29, 1.82) is 0 Å². The summed E-state index contributed by atoms with van der Waals surface area (Å²) >= 11 is 0. The molecule has 11 heteroatoms. The topological polar surface area (TPSA) is 155 Å². The van der Waals surface area contributed by atoms with Crippen molar-refractivity contribution in [2.45, 2.75) is 109 Å². The van der Waals surface area contributed by atoms with Crippen LogP contribution in [0.2, 0.25) is 0 Å². The minimum atomic E-state index is -4.51. The lowest BCUT2D eigenvalue weighted by Gasteiger charge is -2.18. The number of rotatable bonds is 25. The van der Waals surface area contributed by atoms with Gasteiger partial charge >= 0.3 is 19.8 Å². The highest BCUT2D eigenvalue weighted by molar-refractivity contribution is 7.47. The van der Waals surface area contributed by atoms with E-state index in [1.807, 2.05) is 0 Å². The van der Waals surface area contributed by atoms with Gasteiger partial charge in [0.1, 0.15) is 18.8 Å². The molecule has 0 aromatic carbocycles. The van der Waals surface area contributed by atoms with Crippen LogP contribution in [0.25, 0.3) is 0 Å². The lowest BCUT2D eigenvalue weighted by atomic mass is 10.1. The summed E-state index contributed by atoms with van der Waals surface area (Å²) in [6.45, 7) is 1.02. The number of phosphoric ester groups is 1. The number of carboxylic acids is 1. The van der Waals surface area contributed by atoms with Gasteiger partial charge in [0, 0.05) is 13.5 Å². The number of unbranched alkanes of at least 4 members (excludes halogenated alkanes) is 11. The maximum Gasteiger partial charge on any atom is 0.472 e. The van der Waals surface area contributed by atoms with Crippen molar-refractivity contribution in [3.8, 4) is 0 Å². The van der Waals surface area contributed by atoms with Crippen molar-refractivity contribution >= 4 is 19.8 Å². The van der Waals surface area contributed by atoms with Gasteiger partial charge in [-0.3, -0.25) is 18.6 Å². The number of ether oxygens (including phenoxy) is 2. The molecule has 36 heavy (non-hydrogen) atoms. The molecule has 0 fully saturated rings. The summed E-state index contributed by atoms with van der Waals surface area (Å²) in [6.07, 6.45) is 19.4. The fraction of sp³-hybridized carbons (Fsp3) is 0.840. The van der Waals surface area contributed by atoms with Crippen LogP contribution in [0.5, 0.6) is 0 Å². The van der Waals surface area contributed by atoms with E-state index >= 15 is 0 Å². The van der Waals surface area contributed by atoms with E-state index in [4.69, 9.17) is 24.8 Å². The molecule has 3 atom stereocenters. The molecule has 0 spiro atoms. The second-order valence-corrected chi connectivity index (χ2v) is 10.3. The number of hydrogen-bond acceptors (Lipinski definition) is 8. The molecule has 0 rings (SSSR count). The number of carbonyl (C=O) groups excluding carboxylic acids is 1. The quantitative estimate of drug-likeness (QED) is 0.0618. The third kappa shape index (κ3) is 21.9. The molecule has 0 saturated heterocycles. The summed E-state index contributed by atoms with van der Waals surface area (Å²) in [5, 5.41) is 8.65. The zero-order chi connectivity index (χ0) is 27.1. The maximum absolute atomic E-state index is 11.9. The Morgan fingerprint density at radius 2 is 1.39 bits per heavy atom. The van der Waals surface area contributed by atoms with Crippen molar-refractivity contribution in [3.63, 3.8) is 0 Å². The van der Waals surface area contributed by atoms with Crippen molar-refractivity contribution in [2.75, 3.05) is 26.9 Å². The van der Waals surface area contributed by atoms with Gasteiger partial charge in [0.25, 0.3) is 0 Å². The van der Waals surface area contributed by atoms with Crippen LogP contribution in [-0.4, -0.2) is 61.0 Å². The van der Waals surface area contributed by atoms with Crippen LogP contribution in [-0.2, 0) is 32.7 Å². The first-order valence-corrected chi connectivity index (χ1v) is 14.6. The number of carboxylic acid groups (broad SMARTS) is 1. The molecule has 0 amide bonds. The molecule has 0 saturated carbocycles. The molecule has 212 valence electrons. The molecule has 0 aromatic heterocycles. The smallest absolute Gasteiger partial charge is 0.472 e. The number of methoxy groups -OCH3 is 1. The minimum Gasteiger partial charge on any atom is -0.480 e. The van der Waals surface area contributed by atoms with E-state index < -0.39 is 32.5 Å². The summed E-state index contributed by atoms with van der Waals surface area (Å²) in [5.41, 5.74) is 5.20. The number of aliphatic carboxylic acids is 1. The van der Waals surface area contributed by atoms with Gasteiger partial charge in [0.2, 0.25) is 0 Å². The lowest BCUT2D eigenvalue weighted by Crippen LogP contribution is -2.34. The first-order valence-electron chi connectivity index (χ1n) is 13.2. The Kier molecular flexibility index (Phi) is 22.1. The highest BCUT2D eigenvalue weighted by Gasteiger charge is 2.26. The van der Waals surface area contributed by atoms with Crippen LogP contribution in [0.3, 0.4) is 0 Å². The van der Waals surface area contributed by atoms with Crippen LogP contribution in [0, 0.1) is 0 Å². The second kappa shape index (κ2) is 22.9. The summed E-state index contributed by atoms with van der Waals surface area (Å²) in [7, 11) is -3.17. The predicted molar refractivity (Wildman–Crippen MR) is 139 cm³/mol. The predicted octanol–water partition coefficient (Wildman–Crippen LogP) is 5.13. The van der Waals surface area contributed by atoms with E-state index in [0.717, 1.165) is 38.5 Å². The van der Waals surface area contributed by atoms with Gasteiger partial charge < -0.3 is 25.2 Å².